The lowest BCUT2D eigenvalue weighted by Gasteiger charge is -2.22. The zero-order chi connectivity index (χ0) is 19.8. The highest BCUT2D eigenvalue weighted by Gasteiger charge is 2.18. The van der Waals surface area contributed by atoms with Crippen molar-refractivity contribution in [2.75, 3.05) is 6.61 Å². The van der Waals surface area contributed by atoms with Gasteiger partial charge in [0.1, 0.15) is 0 Å². The second-order valence-corrected chi connectivity index (χ2v) is 7.96. The van der Waals surface area contributed by atoms with Crippen LogP contribution in [-0.4, -0.2) is 6.61 Å². The predicted molar refractivity (Wildman–Crippen MR) is 112 cm³/mol. The average molecular weight is 387 g/mol. The molecule has 1 aliphatic rings. The largest absolute Gasteiger partial charge is 0.490 e. The summed E-state index contributed by atoms with van der Waals surface area (Å²) in [6.07, 6.45) is 11.8. The SMILES string of the molecule is CCCCCCCOc1ccc(-c2ccc(C3CCCCC3)cc2)c(F)c1F. The van der Waals surface area contributed by atoms with Crippen molar-refractivity contribution in [3.63, 3.8) is 0 Å². The molecule has 1 saturated carbocycles. The highest BCUT2D eigenvalue weighted by Crippen LogP contribution is 2.35. The van der Waals surface area contributed by atoms with Gasteiger partial charge < -0.3 is 4.74 Å². The molecule has 0 aromatic heterocycles. The lowest BCUT2D eigenvalue weighted by Crippen LogP contribution is -2.04. The van der Waals surface area contributed by atoms with Crippen LogP contribution >= 0.6 is 0 Å². The molecule has 0 spiro atoms. The minimum atomic E-state index is -0.887. The van der Waals surface area contributed by atoms with E-state index in [4.69, 9.17) is 4.74 Å². The van der Waals surface area contributed by atoms with E-state index in [9.17, 15) is 8.78 Å². The summed E-state index contributed by atoms with van der Waals surface area (Å²) in [4.78, 5) is 0. The molecule has 2 aromatic carbocycles. The molecule has 0 radical (unpaired) electrons. The van der Waals surface area contributed by atoms with Gasteiger partial charge in [-0.25, -0.2) is 4.39 Å². The Bertz CT molecular complexity index is 733. The lowest BCUT2D eigenvalue weighted by atomic mass is 9.83. The van der Waals surface area contributed by atoms with Crippen LogP contribution in [0.3, 0.4) is 0 Å². The molecule has 2 aromatic rings. The maximum Gasteiger partial charge on any atom is 0.201 e. The molecular weight excluding hydrogens is 354 g/mol. The van der Waals surface area contributed by atoms with Gasteiger partial charge in [0, 0.05) is 5.56 Å². The van der Waals surface area contributed by atoms with Crippen LogP contribution in [-0.2, 0) is 0 Å². The smallest absolute Gasteiger partial charge is 0.201 e. The minimum Gasteiger partial charge on any atom is -0.490 e. The first kappa shape index (κ1) is 20.8. The zero-order valence-corrected chi connectivity index (χ0v) is 17.0. The number of benzene rings is 2. The van der Waals surface area contributed by atoms with Gasteiger partial charge in [-0.15, -0.1) is 0 Å². The van der Waals surface area contributed by atoms with Crippen molar-refractivity contribution in [2.45, 2.75) is 77.0 Å². The molecular formula is C25H32F2O. The van der Waals surface area contributed by atoms with Crippen molar-refractivity contribution in [1.82, 2.24) is 0 Å². The quantitative estimate of drug-likeness (QED) is 0.396. The number of rotatable bonds is 9. The third kappa shape index (κ3) is 5.33. The van der Waals surface area contributed by atoms with Crippen molar-refractivity contribution < 1.29 is 13.5 Å². The van der Waals surface area contributed by atoms with Crippen LogP contribution < -0.4 is 4.74 Å². The lowest BCUT2D eigenvalue weighted by molar-refractivity contribution is 0.285. The molecule has 3 heteroatoms. The Hall–Kier alpha value is -1.90. The number of hydrogen-bond acceptors (Lipinski definition) is 1. The molecule has 0 saturated heterocycles. The molecule has 152 valence electrons. The second kappa shape index (κ2) is 10.6. The Kier molecular flexibility index (Phi) is 7.88. The van der Waals surface area contributed by atoms with Crippen LogP contribution in [0.1, 0.15) is 82.6 Å². The summed E-state index contributed by atoms with van der Waals surface area (Å²) in [6, 6.07) is 11.1. The first-order valence-corrected chi connectivity index (χ1v) is 10.9. The fourth-order valence-corrected chi connectivity index (χ4v) is 4.12. The Balaban J connectivity index is 1.63. The first-order valence-electron chi connectivity index (χ1n) is 10.9. The maximum atomic E-state index is 14.6. The van der Waals surface area contributed by atoms with Crippen LogP contribution in [0.25, 0.3) is 11.1 Å². The van der Waals surface area contributed by atoms with E-state index in [1.54, 1.807) is 12.1 Å². The van der Waals surface area contributed by atoms with E-state index >= 15 is 0 Å². The van der Waals surface area contributed by atoms with Gasteiger partial charge in [0.2, 0.25) is 5.82 Å². The van der Waals surface area contributed by atoms with Crippen molar-refractivity contribution in [1.29, 1.82) is 0 Å². The molecule has 0 unspecified atom stereocenters. The van der Waals surface area contributed by atoms with Gasteiger partial charge in [0.05, 0.1) is 6.61 Å². The zero-order valence-electron chi connectivity index (χ0n) is 17.0. The monoisotopic (exact) mass is 386 g/mol. The molecule has 3 rings (SSSR count). The van der Waals surface area contributed by atoms with Gasteiger partial charge in [0.15, 0.2) is 11.6 Å². The third-order valence-corrected chi connectivity index (χ3v) is 5.85. The second-order valence-electron chi connectivity index (χ2n) is 7.96. The molecule has 0 heterocycles. The van der Waals surface area contributed by atoms with Gasteiger partial charge >= 0.3 is 0 Å². The number of ether oxygens (including phenoxy) is 1. The van der Waals surface area contributed by atoms with Crippen LogP contribution in [0.15, 0.2) is 36.4 Å². The first-order chi connectivity index (χ1) is 13.7. The average Bonchev–Trinajstić information content (AvgIpc) is 2.74. The summed E-state index contributed by atoms with van der Waals surface area (Å²) in [7, 11) is 0. The number of halogens is 2. The predicted octanol–water partition coefficient (Wildman–Crippen LogP) is 8.03. The van der Waals surface area contributed by atoms with Crippen molar-refractivity contribution in [2.24, 2.45) is 0 Å². The van der Waals surface area contributed by atoms with E-state index in [0.717, 1.165) is 19.3 Å². The standard InChI is InChI=1S/C25H32F2O/c1-2-3-4-5-9-18-28-23-17-16-22(24(26)25(23)27)21-14-12-20(13-15-21)19-10-7-6-8-11-19/h12-17,19H,2-11,18H2,1H3. The Morgan fingerprint density at radius 2 is 1.54 bits per heavy atom. The van der Waals surface area contributed by atoms with Crippen molar-refractivity contribution in [3.8, 4) is 16.9 Å². The van der Waals surface area contributed by atoms with E-state index in [-0.39, 0.29) is 5.75 Å². The molecule has 0 amide bonds. The highest BCUT2D eigenvalue weighted by molar-refractivity contribution is 5.65. The van der Waals surface area contributed by atoms with E-state index in [2.05, 4.69) is 19.1 Å². The van der Waals surface area contributed by atoms with E-state index in [1.165, 1.54) is 50.5 Å². The van der Waals surface area contributed by atoms with Crippen LogP contribution in [0.5, 0.6) is 5.75 Å². The minimum absolute atomic E-state index is 0.00978. The Morgan fingerprint density at radius 3 is 2.25 bits per heavy atom. The van der Waals surface area contributed by atoms with Crippen molar-refractivity contribution in [3.05, 3.63) is 53.6 Å². The molecule has 0 N–H and O–H groups in total. The summed E-state index contributed by atoms with van der Waals surface area (Å²) in [5.41, 5.74) is 2.32. The van der Waals surface area contributed by atoms with E-state index < -0.39 is 11.6 Å². The van der Waals surface area contributed by atoms with Crippen molar-refractivity contribution >= 4 is 0 Å². The summed E-state index contributed by atoms with van der Waals surface area (Å²) in [5.74, 6) is -1.09. The fourth-order valence-electron chi connectivity index (χ4n) is 4.12. The summed E-state index contributed by atoms with van der Waals surface area (Å²) < 4.78 is 34.5. The van der Waals surface area contributed by atoms with Crippen LogP contribution in [0, 0.1) is 11.6 Å². The third-order valence-electron chi connectivity index (χ3n) is 5.85. The molecule has 0 atom stereocenters. The fraction of sp³-hybridized carbons (Fsp3) is 0.520. The molecule has 0 aliphatic heterocycles. The Labute approximate surface area is 168 Å². The van der Waals surface area contributed by atoms with Gasteiger partial charge in [-0.1, -0.05) is 76.1 Å². The van der Waals surface area contributed by atoms with Crippen LogP contribution in [0.2, 0.25) is 0 Å². The summed E-state index contributed by atoms with van der Waals surface area (Å²) >= 11 is 0. The van der Waals surface area contributed by atoms with Gasteiger partial charge in [0.25, 0.3) is 0 Å². The topological polar surface area (TPSA) is 9.23 Å². The molecule has 1 fully saturated rings. The van der Waals surface area contributed by atoms with Gasteiger partial charge in [-0.05, 0) is 48.4 Å². The number of hydrogen-bond donors (Lipinski definition) is 0. The molecule has 0 bridgehead atoms. The van der Waals surface area contributed by atoms with E-state index in [1.807, 2.05) is 12.1 Å². The molecule has 1 aliphatic carbocycles. The summed E-state index contributed by atoms with van der Waals surface area (Å²) in [6.45, 7) is 2.59. The Morgan fingerprint density at radius 1 is 0.821 bits per heavy atom. The molecule has 28 heavy (non-hydrogen) atoms. The van der Waals surface area contributed by atoms with E-state index in [0.29, 0.717) is 23.7 Å². The summed E-state index contributed by atoms with van der Waals surface area (Å²) in [5, 5.41) is 0. The van der Waals surface area contributed by atoms with Gasteiger partial charge in [-0.2, -0.15) is 4.39 Å². The maximum absolute atomic E-state index is 14.6. The van der Waals surface area contributed by atoms with Gasteiger partial charge in [-0.3, -0.25) is 0 Å². The number of unbranched alkanes of at least 4 members (excludes halogenated alkanes) is 4. The van der Waals surface area contributed by atoms with Crippen LogP contribution in [0.4, 0.5) is 8.78 Å². The highest BCUT2D eigenvalue weighted by atomic mass is 19.2. The normalized spacial score (nSPS) is 15.0. The molecule has 1 nitrogen and oxygen atoms in total.